The van der Waals surface area contributed by atoms with Gasteiger partial charge in [0.1, 0.15) is 0 Å². The number of piperidine rings is 1. The van der Waals surface area contributed by atoms with Crippen molar-refractivity contribution in [2.45, 2.75) is 57.9 Å². The van der Waals surface area contributed by atoms with Crippen molar-refractivity contribution in [1.82, 2.24) is 20.4 Å². The molecule has 1 saturated heterocycles. The van der Waals surface area contributed by atoms with E-state index in [4.69, 9.17) is 0 Å². The number of hydrogen-bond donors (Lipinski definition) is 1. The first-order chi connectivity index (χ1) is 15.6. The van der Waals surface area contributed by atoms with Crippen LogP contribution in [0.2, 0.25) is 0 Å². The molecule has 0 bridgehead atoms. The molecule has 1 saturated carbocycles. The third kappa shape index (κ3) is 5.85. The maximum atomic E-state index is 12.8. The van der Waals surface area contributed by atoms with Crippen LogP contribution in [-0.4, -0.2) is 60.3 Å². The van der Waals surface area contributed by atoms with Crippen LogP contribution in [0.25, 0.3) is 11.3 Å². The van der Waals surface area contributed by atoms with E-state index in [-0.39, 0.29) is 11.8 Å². The minimum absolute atomic E-state index is 0.0160. The van der Waals surface area contributed by atoms with E-state index in [1.165, 1.54) is 37.7 Å². The Bertz CT molecular complexity index is 861. The van der Waals surface area contributed by atoms with Crippen molar-refractivity contribution in [3.05, 3.63) is 42.0 Å². The Morgan fingerprint density at radius 1 is 1.03 bits per heavy atom. The van der Waals surface area contributed by atoms with Crippen molar-refractivity contribution in [2.24, 2.45) is 5.92 Å². The van der Waals surface area contributed by atoms with Crippen molar-refractivity contribution < 1.29 is 4.79 Å². The zero-order valence-electron chi connectivity index (χ0n) is 19.6. The van der Waals surface area contributed by atoms with Gasteiger partial charge >= 0.3 is 0 Å². The number of rotatable bonds is 7. The number of aryl methyl sites for hydroxylation is 1. The first kappa shape index (κ1) is 22.7. The van der Waals surface area contributed by atoms with Crippen LogP contribution in [-0.2, 0) is 4.79 Å². The molecule has 1 atom stereocenters. The van der Waals surface area contributed by atoms with Gasteiger partial charge in [-0.3, -0.25) is 4.79 Å². The molecule has 1 aromatic carbocycles. The van der Waals surface area contributed by atoms with Crippen molar-refractivity contribution in [3.63, 3.8) is 0 Å². The molecule has 2 fully saturated rings. The highest BCUT2D eigenvalue weighted by Crippen LogP contribution is 2.24. The fourth-order valence-corrected chi connectivity index (χ4v) is 4.98. The molecule has 4 rings (SSSR count). The Hall–Kier alpha value is -2.47. The predicted octanol–water partition coefficient (Wildman–Crippen LogP) is 4.05. The number of aromatic nitrogens is 2. The van der Waals surface area contributed by atoms with Gasteiger partial charge < -0.3 is 15.1 Å². The molecule has 2 aliphatic rings. The molecule has 1 aliphatic carbocycles. The molecule has 1 aromatic heterocycles. The second kappa shape index (κ2) is 10.9. The number of likely N-dealkylation sites (N-methyl/N-ethyl adjacent to an activating group) is 1. The summed E-state index contributed by atoms with van der Waals surface area (Å²) in [4.78, 5) is 17.4. The lowest BCUT2D eigenvalue weighted by Gasteiger charge is -2.33. The van der Waals surface area contributed by atoms with Crippen molar-refractivity contribution in [3.8, 4) is 11.3 Å². The highest BCUT2D eigenvalue weighted by atomic mass is 16.1. The lowest BCUT2D eigenvalue weighted by Crippen LogP contribution is -2.45. The Morgan fingerprint density at radius 2 is 1.81 bits per heavy atom. The van der Waals surface area contributed by atoms with Gasteiger partial charge in [0, 0.05) is 37.8 Å². The number of nitrogens with one attached hydrogen (secondary N) is 1. The predicted molar refractivity (Wildman–Crippen MR) is 130 cm³/mol. The smallest absolute Gasteiger partial charge is 0.224 e. The van der Waals surface area contributed by atoms with Gasteiger partial charge in [-0.05, 0) is 51.8 Å². The molecule has 2 aromatic rings. The minimum Gasteiger partial charge on any atom is -0.355 e. The van der Waals surface area contributed by atoms with Gasteiger partial charge in [0.2, 0.25) is 5.91 Å². The summed E-state index contributed by atoms with van der Waals surface area (Å²) in [6.07, 6.45) is 8.59. The summed E-state index contributed by atoms with van der Waals surface area (Å²) >= 11 is 0. The average Bonchev–Trinajstić information content (AvgIpc) is 2.85. The second-order valence-electron chi connectivity index (χ2n) is 9.49. The molecule has 0 radical (unpaired) electrons. The van der Waals surface area contributed by atoms with Gasteiger partial charge in [-0.2, -0.15) is 0 Å². The van der Waals surface area contributed by atoms with E-state index in [0.29, 0.717) is 12.6 Å². The second-order valence-corrected chi connectivity index (χ2v) is 9.49. The quantitative estimate of drug-likeness (QED) is 0.711. The molecule has 1 unspecified atom stereocenters. The van der Waals surface area contributed by atoms with Crippen molar-refractivity contribution in [1.29, 1.82) is 0 Å². The number of anilines is 1. The summed E-state index contributed by atoms with van der Waals surface area (Å²) in [5, 5.41) is 12.1. The van der Waals surface area contributed by atoms with Gasteiger partial charge in [0.05, 0.1) is 11.6 Å². The highest BCUT2D eigenvalue weighted by molar-refractivity contribution is 5.79. The monoisotopic (exact) mass is 435 g/mol. The molecule has 32 heavy (non-hydrogen) atoms. The average molecular weight is 436 g/mol. The molecular weight excluding hydrogens is 398 g/mol. The molecule has 0 spiro atoms. The lowest BCUT2D eigenvalue weighted by molar-refractivity contribution is -0.125. The molecular formula is C26H37N5O. The summed E-state index contributed by atoms with van der Waals surface area (Å²) < 4.78 is 0. The topological polar surface area (TPSA) is 61.4 Å². The zero-order chi connectivity index (χ0) is 22.3. The Labute approximate surface area is 192 Å². The van der Waals surface area contributed by atoms with Gasteiger partial charge in [-0.15, -0.1) is 10.2 Å². The van der Waals surface area contributed by atoms with E-state index in [1.807, 2.05) is 12.1 Å². The largest absolute Gasteiger partial charge is 0.355 e. The minimum atomic E-state index is 0.0160. The fourth-order valence-electron chi connectivity index (χ4n) is 4.98. The van der Waals surface area contributed by atoms with Crippen molar-refractivity contribution >= 4 is 11.7 Å². The van der Waals surface area contributed by atoms with Gasteiger partial charge in [-0.25, -0.2) is 0 Å². The molecule has 6 heteroatoms. The molecule has 2 heterocycles. The number of nitrogens with zero attached hydrogens (tertiary/aromatic N) is 4. The number of amides is 1. The molecule has 172 valence electrons. The van der Waals surface area contributed by atoms with E-state index in [1.54, 1.807) is 0 Å². The SMILES string of the molecule is Cc1ccc(-c2ccc(N3CCCC(C(=O)NCCN(C)C4CCCCC4)C3)nn2)cc1. The van der Waals surface area contributed by atoms with E-state index in [9.17, 15) is 4.79 Å². The van der Waals surface area contributed by atoms with Crippen molar-refractivity contribution in [2.75, 3.05) is 38.1 Å². The van der Waals surface area contributed by atoms with Gasteiger partial charge in [0.15, 0.2) is 5.82 Å². The summed E-state index contributed by atoms with van der Waals surface area (Å²) in [5.41, 5.74) is 3.18. The van der Waals surface area contributed by atoms with E-state index >= 15 is 0 Å². The molecule has 6 nitrogen and oxygen atoms in total. The summed E-state index contributed by atoms with van der Waals surface area (Å²) in [6.45, 7) is 5.37. The Kier molecular flexibility index (Phi) is 7.74. The number of hydrogen-bond acceptors (Lipinski definition) is 5. The molecule has 1 aliphatic heterocycles. The van der Waals surface area contributed by atoms with E-state index < -0.39 is 0 Å². The van der Waals surface area contributed by atoms with Gasteiger partial charge in [-0.1, -0.05) is 49.1 Å². The highest BCUT2D eigenvalue weighted by Gasteiger charge is 2.27. The maximum Gasteiger partial charge on any atom is 0.224 e. The normalized spacial score (nSPS) is 19.8. The van der Waals surface area contributed by atoms with Gasteiger partial charge in [0.25, 0.3) is 0 Å². The van der Waals surface area contributed by atoms with E-state index in [0.717, 1.165) is 49.6 Å². The standard InChI is InChI=1S/C26H37N5O/c1-20-10-12-21(13-11-20)24-14-15-25(29-28-24)31-17-6-7-22(19-31)26(32)27-16-18-30(2)23-8-4-3-5-9-23/h10-15,22-23H,3-9,16-19H2,1-2H3,(H,27,32). The first-order valence-electron chi connectivity index (χ1n) is 12.2. The number of carbonyl (C=O) groups is 1. The third-order valence-electron chi connectivity index (χ3n) is 7.08. The summed E-state index contributed by atoms with van der Waals surface area (Å²) in [6, 6.07) is 13.1. The van der Waals surface area contributed by atoms with Crippen LogP contribution in [0.4, 0.5) is 5.82 Å². The number of carbonyl (C=O) groups excluding carboxylic acids is 1. The van der Waals surface area contributed by atoms with Crippen LogP contribution in [0.1, 0.15) is 50.5 Å². The first-order valence-corrected chi connectivity index (χ1v) is 12.2. The van der Waals surface area contributed by atoms with Crippen LogP contribution in [0, 0.1) is 12.8 Å². The Morgan fingerprint density at radius 3 is 2.53 bits per heavy atom. The third-order valence-corrected chi connectivity index (χ3v) is 7.08. The van der Waals surface area contributed by atoms with Crippen LogP contribution in [0.3, 0.4) is 0 Å². The summed E-state index contributed by atoms with van der Waals surface area (Å²) in [7, 11) is 2.20. The zero-order valence-corrected chi connectivity index (χ0v) is 19.6. The number of benzene rings is 1. The Balaban J connectivity index is 1.27. The van der Waals surface area contributed by atoms with Crippen LogP contribution in [0.5, 0.6) is 0 Å². The van der Waals surface area contributed by atoms with Crippen LogP contribution in [0.15, 0.2) is 36.4 Å². The fraction of sp³-hybridized carbons (Fsp3) is 0.577. The lowest BCUT2D eigenvalue weighted by atomic mass is 9.94. The van der Waals surface area contributed by atoms with E-state index in [2.05, 4.69) is 63.6 Å². The molecule has 1 amide bonds. The van der Waals surface area contributed by atoms with Crippen LogP contribution >= 0.6 is 0 Å². The van der Waals surface area contributed by atoms with Crippen LogP contribution < -0.4 is 10.2 Å². The maximum absolute atomic E-state index is 12.8. The molecule has 1 N–H and O–H groups in total. The summed E-state index contributed by atoms with van der Waals surface area (Å²) in [5.74, 6) is 1.05.